The Morgan fingerprint density at radius 2 is 2.11 bits per heavy atom. The van der Waals surface area contributed by atoms with E-state index < -0.39 is 0 Å². The molecule has 1 N–H and O–H groups in total. The first-order chi connectivity index (χ1) is 13.6. The predicted molar refractivity (Wildman–Crippen MR) is 114 cm³/mol. The zero-order chi connectivity index (χ0) is 20.1. The van der Waals surface area contributed by atoms with Crippen LogP contribution >= 0.6 is 23.8 Å². The average Bonchev–Trinajstić information content (AvgIpc) is 3.18. The molecule has 0 atom stereocenters. The molecule has 0 radical (unpaired) electrons. The second-order valence-electron chi connectivity index (χ2n) is 6.20. The van der Waals surface area contributed by atoms with Crippen LogP contribution in [-0.4, -0.2) is 37.5 Å². The molecule has 2 aromatic heterocycles. The maximum absolute atomic E-state index is 6.50. The van der Waals surface area contributed by atoms with Gasteiger partial charge in [-0.3, -0.25) is 4.68 Å². The van der Waals surface area contributed by atoms with E-state index >= 15 is 0 Å². The molecule has 0 unspecified atom stereocenters. The Labute approximate surface area is 174 Å². The van der Waals surface area contributed by atoms with E-state index in [9.17, 15) is 0 Å². The smallest absolute Gasteiger partial charge is 0.216 e. The molecular formula is C19H23ClN6OS. The third-order valence-corrected chi connectivity index (χ3v) is 4.88. The molecule has 0 bridgehead atoms. The number of aromatic amines is 1. The highest BCUT2D eigenvalue weighted by Gasteiger charge is 2.15. The van der Waals surface area contributed by atoms with Gasteiger partial charge in [-0.2, -0.15) is 20.0 Å². The van der Waals surface area contributed by atoms with Crippen LogP contribution < -0.4 is 4.74 Å². The van der Waals surface area contributed by atoms with E-state index in [0.29, 0.717) is 22.4 Å². The van der Waals surface area contributed by atoms with Crippen molar-refractivity contribution in [2.45, 2.75) is 40.2 Å². The number of nitrogens with one attached hydrogen (secondary N) is 1. The molecule has 28 heavy (non-hydrogen) atoms. The third kappa shape index (κ3) is 4.18. The highest BCUT2D eigenvalue weighted by Crippen LogP contribution is 2.28. The number of benzene rings is 1. The van der Waals surface area contributed by atoms with E-state index in [1.54, 1.807) is 10.9 Å². The van der Waals surface area contributed by atoms with Gasteiger partial charge in [0, 0.05) is 6.54 Å². The van der Waals surface area contributed by atoms with Crippen molar-refractivity contribution in [2.75, 3.05) is 6.61 Å². The van der Waals surface area contributed by atoms with Gasteiger partial charge < -0.3 is 4.74 Å². The summed E-state index contributed by atoms with van der Waals surface area (Å²) in [6.45, 7) is 7.32. The Bertz CT molecular complexity index is 1040. The molecule has 0 saturated carbocycles. The zero-order valence-electron chi connectivity index (χ0n) is 16.1. The maximum atomic E-state index is 6.50. The summed E-state index contributed by atoms with van der Waals surface area (Å²) in [5.41, 5.74) is 2.39. The summed E-state index contributed by atoms with van der Waals surface area (Å²) in [5, 5.41) is 16.7. The molecule has 1 aromatic carbocycles. The largest absolute Gasteiger partial charge is 0.493 e. The summed E-state index contributed by atoms with van der Waals surface area (Å²) in [4.78, 5) is 0. The molecule has 0 aliphatic carbocycles. The van der Waals surface area contributed by atoms with Crippen LogP contribution in [0, 0.1) is 11.7 Å². The number of aromatic nitrogens is 5. The van der Waals surface area contributed by atoms with E-state index in [1.165, 1.54) is 0 Å². The van der Waals surface area contributed by atoms with Gasteiger partial charge in [0.05, 0.1) is 29.6 Å². The van der Waals surface area contributed by atoms with Crippen LogP contribution in [0.4, 0.5) is 0 Å². The van der Waals surface area contributed by atoms with Gasteiger partial charge in [-0.05, 0) is 44.6 Å². The molecule has 3 aromatic rings. The molecule has 9 heteroatoms. The number of hydrogen-bond acceptors (Lipinski definition) is 5. The van der Waals surface area contributed by atoms with E-state index in [2.05, 4.69) is 27.3 Å². The summed E-state index contributed by atoms with van der Waals surface area (Å²) in [6, 6.07) is 7.64. The van der Waals surface area contributed by atoms with Gasteiger partial charge >= 0.3 is 0 Å². The van der Waals surface area contributed by atoms with Crippen molar-refractivity contribution < 1.29 is 4.74 Å². The summed E-state index contributed by atoms with van der Waals surface area (Å²) < 4.78 is 9.46. The molecule has 0 aliphatic rings. The van der Waals surface area contributed by atoms with Gasteiger partial charge in [0.2, 0.25) is 4.77 Å². The average molecular weight is 419 g/mol. The monoisotopic (exact) mass is 418 g/mol. The SMILES string of the molecule is CCCCn1nc(C)c(/C=N\n2c(-c3ccccc3OCC)n[nH]c2=S)c1Cl. The number of rotatable bonds is 8. The summed E-state index contributed by atoms with van der Waals surface area (Å²) in [5.74, 6) is 1.29. The maximum Gasteiger partial charge on any atom is 0.216 e. The van der Waals surface area contributed by atoms with Crippen LogP contribution in [0.5, 0.6) is 5.75 Å². The quantitative estimate of drug-likeness (QED) is 0.419. The van der Waals surface area contributed by atoms with Crippen LogP contribution in [-0.2, 0) is 6.54 Å². The number of hydrogen-bond donors (Lipinski definition) is 1. The lowest BCUT2D eigenvalue weighted by Crippen LogP contribution is -2.00. The second-order valence-corrected chi connectivity index (χ2v) is 6.95. The first-order valence-electron chi connectivity index (χ1n) is 9.23. The van der Waals surface area contributed by atoms with Gasteiger partial charge in [0.15, 0.2) is 5.82 Å². The number of unbranched alkanes of at least 4 members (excludes halogenated alkanes) is 1. The molecule has 0 amide bonds. The predicted octanol–water partition coefficient (Wildman–Crippen LogP) is 4.85. The van der Waals surface area contributed by atoms with Gasteiger partial charge in [-0.1, -0.05) is 37.1 Å². The highest BCUT2D eigenvalue weighted by molar-refractivity contribution is 7.71. The molecule has 7 nitrogen and oxygen atoms in total. The van der Waals surface area contributed by atoms with Crippen molar-refractivity contribution in [3.63, 3.8) is 0 Å². The Morgan fingerprint density at radius 1 is 1.32 bits per heavy atom. The fraction of sp³-hybridized carbons (Fsp3) is 0.368. The Kier molecular flexibility index (Phi) is 6.64. The minimum absolute atomic E-state index is 0.379. The van der Waals surface area contributed by atoms with Crippen LogP contribution in [0.15, 0.2) is 29.4 Å². The number of nitrogens with zero attached hydrogens (tertiary/aromatic N) is 5. The second kappa shape index (κ2) is 9.16. The van der Waals surface area contributed by atoms with Crippen LogP contribution in [0.3, 0.4) is 0 Å². The van der Waals surface area contributed by atoms with Gasteiger partial charge in [-0.15, -0.1) is 0 Å². The van der Waals surface area contributed by atoms with Crippen LogP contribution in [0.2, 0.25) is 5.15 Å². The summed E-state index contributed by atoms with van der Waals surface area (Å²) >= 11 is 11.9. The fourth-order valence-corrected chi connectivity index (χ4v) is 3.28. The molecule has 0 spiro atoms. The van der Waals surface area contributed by atoms with E-state index in [1.807, 2.05) is 42.8 Å². The van der Waals surface area contributed by atoms with E-state index in [4.69, 9.17) is 28.6 Å². The molecular weight excluding hydrogens is 396 g/mol. The van der Waals surface area contributed by atoms with Crippen molar-refractivity contribution >= 4 is 30.0 Å². The lowest BCUT2D eigenvalue weighted by molar-refractivity contribution is 0.341. The minimum Gasteiger partial charge on any atom is -0.493 e. The first kappa shape index (κ1) is 20.3. The van der Waals surface area contributed by atoms with Crippen molar-refractivity contribution in [3.05, 3.63) is 45.4 Å². The fourth-order valence-electron chi connectivity index (χ4n) is 2.79. The molecule has 0 fully saturated rings. The lowest BCUT2D eigenvalue weighted by atomic mass is 10.2. The topological polar surface area (TPSA) is 73.0 Å². The van der Waals surface area contributed by atoms with Crippen molar-refractivity contribution in [1.82, 2.24) is 24.7 Å². The first-order valence-corrected chi connectivity index (χ1v) is 10.0. The third-order valence-electron chi connectivity index (χ3n) is 4.21. The van der Waals surface area contributed by atoms with Crippen molar-refractivity contribution in [2.24, 2.45) is 5.10 Å². The standard InChI is InChI=1S/C19H23ClN6OS/c1-4-6-11-25-17(20)15(13(3)24-25)12-21-26-18(22-23-19(26)28)14-9-7-8-10-16(14)27-5-2/h7-10,12H,4-6,11H2,1-3H3,(H,23,28)/b21-12-. The van der Waals surface area contributed by atoms with Crippen molar-refractivity contribution in [3.8, 4) is 17.1 Å². The van der Waals surface area contributed by atoms with Gasteiger partial charge in [0.1, 0.15) is 10.9 Å². The summed E-state index contributed by atoms with van der Waals surface area (Å²) in [7, 11) is 0. The molecule has 148 valence electrons. The normalized spacial score (nSPS) is 11.4. The molecule has 0 saturated heterocycles. The zero-order valence-corrected chi connectivity index (χ0v) is 17.7. The molecule has 2 heterocycles. The summed E-state index contributed by atoms with van der Waals surface area (Å²) in [6.07, 6.45) is 3.76. The van der Waals surface area contributed by atoms with E-state index in [0.717, 1.165) is 42.0 Å². The minimum atomic E-state index is 0.379. The van der Waals surface area contributed by atoms with Gasteiger partial charge in [-0.25, -0.2) is 5.10 Å². The van der Waals surface area contributed by atoms with Crippen LogP contribution in [0.25, 0.3) is 11.4 Å². The Balaban J connectivity index is 1.99. The number of ether oxygens (including phenoxy) is 1. The van der Waals surface area contributed by atoms with Gasteiger partial charge in [0.25, 0.3) is 0 Å². The Hall–Kier alpha value is -2.45. The highest BCUT2D eigenvalue weighted by atomic mass is 35.5. The number of aryl methyl sites for hydroxylation is 2. The van der Waals surface area contributed by atoms with Crippen molar-refractivity contribution in [1.29, 1.82) is 0 Å². The van der Waals surface area contributed by atoms with Crippen LogP contribution in [0.1, 0.15) is 37.9 Å². The lowest BCUT2D eigenvalue weighted by Gasteiger charge is -2.08. The Morgan fingerprint density at radius 3 is 2.86 bits per heavy atom. The number of H-pyrrole nitrogens is 1. The molecule has 0 aliphatic heterocycles. The van der Waals surface area contributed by atoms with E-state index in [-0.39, 0.29) is 0 Å². The number of halogens is 1. The molecule has 3 rings (SSSR count). The number of para-hydroxylation sites is 1.